The third-order valence-electron chi connectivity index (χ3n) is 3.13. The van der Waals surface area contributed by atoms with Crippen LogP contribution in [0.2, 0.25) is 0 Å². The van der Waals surface area contributed by atoms with Gasteiger partial charge in [-0.25, -0.2) is 0 Å². The standard InChI is InChI=1S/C14H17NO3/c1-9-8-12(11(3)18-9)14(16)15(4)10(2)13-6-5-7-17-13/h5-8,10H,1-4H3. The number of aryl methyl sites for hydroxylation is 2. The van der Waals surface area contributed by atoms with Gasteiger partial charge in [-0.2, -0.15) is 0 Å². The van der Waals surface area contributed by atoms with Crippen molar-refractivity contribution >= 4 is 5.91 Å². The van der Waals surface area contributed by atoms with Crippen LogP contribution in [-0.4, -0.2) is 17.9 Å². The number of carbonyl (C=O) groups is 1. The summed E-state index contributed by atoms with van der Waals surface area (Å²) in [5.74, 6) is 2.10. The molecular weight excluding hydrogens is 230 g/mol. The smallest absolute Gasteiger partial charge is 0.257 e. The van der Waals surface area contributed by atoms with E-state index in [4.69, 9.17) is 8.83 Å². The van der Waals surface area contributed by atoms with E-state index >= 15 is 0 Å². The van der Waals surface area contributed by atoms with E-state index in [2.05, 4.69) is 0 Å². The zero-order chi connectivity index (χ0) is 13.3. The minimum Gasteiger partial charge on any atom is -0.467 e. The second kappa shape index (κ2) is 4.72. The molecule has 96 valence electrons. The molecule has 2 aromatic heterocycles. The SMILES string of the molecule is Cc1cc(C(=O)N(C)C(C)c2ccco2)c(C)o1. The molecule has 0 saturated carbocycles. The van der Waals surface area contributed by atoms with E-state index in [0.717, 1.165) is 11.5 Å². The molecule has 18 heavy (non-hydrogen) atoms. The molecule has 0 aromatic carbocycles. The van der Waals surface area contributed by atoms with Gasteiger partial charge in [-0.05, 0) is 39.0 Å². The minimum absolute atomic E-state index is 0.0618. The predicted octanol–water partition coefficient (Wildman–Crippen LogP) is 3.32. The van der Waals surface area contributed by atoms with Gasteiger partial charge in [0, 0.05) is 7.05 Å². The number of nitrogens with zero attached hydrogens (tertiary/aromatic N) is 1. The quantitative estimate of drug-likeness (QED) is 0.835. The molecule has 2 aromatic rings. The summed E-state index contributed by atoms with van der Waals surface area (Å²) in [6.45, 7) is 5.56. The molecule has 4 nitrogen and oxygen atoms in total. The van der Waals surface area contributed by atoms with Gasteiger partial charge in [0.1, 0.15) is 17.3 Å². The van der Waals surface area contributed by atoms with Gasteiger partial charge >= 0.3 is 0 Å². The summed E-state index contributed by atoms with van der Waals surface area (Å²) in [6, 6.07) is 5.34. The number of furan rings is 2. The third-order valence-corrected chi connectivity index (χ3v) is 3.13. The van der Waals surface area contributed by atoms with Gasteiger partial charge in [-0.15, -0.1) is 0 Å². The lowest BCUT2D eigenvalue weighted by Crippen LogP contribution is -2.29. The molecule has 1 unspecified atom stereocenters. The summed E-state index contributed by atoms with van der Waals surface area (Å²) >= 11 is 0. The normalized spacial score (nSPS) is 12.4. The fourth-order valence-corrected chi connectivity index (χ4v) is 1.93. The summed E-state index contributed by atoms with van der Waals surface area (Å²) in [4.78, 5) is 14.0. The lowest BCUT2D eigenvalue weighted by Gasteiger charge is -2.22. The molecule has 0 saturated heterocycles. The van der Waals surface area contributed by atoms with Crippen LogP contribution in [0.5, 0.6) is 0 Å². The number of hydrogen-bond donors (Lipinski definition) is 0. The van der Waals surface area contributed by atoms with Crippen LogP contribution in [0.15, 0.2) is 33.3 Å². The fraction of sp³-hybridized carbons (Fsp3) is 0.357. The lowest BCUT2D eigenvalue weighted by molar-refractivity contribution is 0.0724. The van der Waals surface area contributed by atoms with Gasteiger partial charge in [-0.1, -0.05) is 0 Å². The highest BCUT2D eigenvalue weighted by atomic mass is 16.3. The highest BCUT2D eigenvalue weighted by molar-refractivity contribution is 5.95. The van der Waals surface area contributed by atoms with E-state index in [9.17, 15) is 4.79 Å². The third kappa shape index (κ3) is 2.18. The van der Waals surface area contributed by atoms with Crippen molar-refractivity contribution in [1.82, 2.24) is 4.90 Å². The molecule has 0 aliphatic carbocycles. The molecule has 0 bridgehead atoms. The first kappa shape index (κ1) is 12.5. The number of carbonyl (C=O) groups excluding carboxylic acids is 1. The summed E-state index contributed by atoms with van der Waals surface area (Å²) in [5, 5.41) is 0. The average molecular weight is 247 g/mol. The zero-order valence-electron chi connectivity index (χ0n) is 11.1. The topological polar surface area (TPSA) is 46.6 Å². The van der Waals surface area contributed by atoms with Crippen molar-refractivity contribution in [3.8, 4) is 0 Å². The lowest BCUT2D eigenvalue weighted by atomic mass is 10.1. The van der Waals surface area contributed by atoms with Gasteiger partial charge in [0.05, 0.1) is 17.9 Å². The van der Waals surface area contributed by atoms with Crippen LogP contribution in [0.25, 0.3) is 0 Å². The van der Waals surface area contributed by atoms with E-state index in [1.807, 2.05) is 26.0 Å². The van der Waals surface area contributed by atoms with Crippen molar-refractivity contribution in [1.29, 1.82) is 0 Å². The van der Waals surface area contributed by atoms with Crippen molar-refractivity contribution in [3.05, 3.63) is 47.3 Å². The zero-order valence-corrected chi connectivity index (χ0v) is 11.1. The summed E-state index contributed by atoms with van der Waals surface area (Å²) < 4.78 is 10.7. The van der Waals surface area contributed by atoms with Crippen LogP contribution < -0.4 is 0 Å². The van der Waals surface area contributed by atoms with Crippen LogP contribution in [0.3, 0.4) is 0 Å². The van der Waals surface area contributed by atoms with Crippen molar-refractivity contribution < 1.29 is 13.6 Å². The number of amides is 1. The van der Waals surface area contributed by atoms with Crippen LogP contribution in [-0.2, 0) is 0 Å². The Bertz CT molecular complexity index is 539. The molecule has 0 fully saturated rings. The molecule has 0 aliphatic heterocycles. The van der Waals surface area contributed by atoms with Crippen LogP contribution in [0, 0.1) is 13.8 Å². The Kier molecular flexibility index (Phi) is 3.28. The van der Waals surface area contributed by atoms with E-state index in [-0.39, 0.29) is 11.9 Å². The Morgan fingerprint density at radius 3 is 2.61 bits per heavy atom. The molecule has 1 amide bonds. The van der Waals surface area contributed by atoms with E-state index in [1.54, 1.807) is 31.2 Å². The van der Waals surface area contributed by atoms with Crippen LogP contribution in [0.4, 0.5) is 0 Å². The van der Waals surface area contributed by atoms with E-state index < -0.39 is 0 Å². The molecule has 2 rings (SSSR count). The molecule has 4 heteroatoms. The monoisotopic (exact) mass is 247 g/mol. The second-order valence-electron chi connectivity index (χ2n) is 4.43. The average Bonchev–Trinajstić information content (AvgIpc) is 2.96. The first-order chi connectivity index (χ1) is 8.50. The minimum atomic E-state index is -0.109. The van der Waals surface area contributed by atoms with Crippen molar-refractivity contribution in [2.75, 3.05) is 7.05 Å². The Labute approximate surface area is 106 Å². The maximum absolute atomic E-state index is 12.3. The number of rotatable bonds is 3. The van der Waals surface area contributed by atoms with Crippen molar-refractivity contribution in [2.24, 2.45) is 0 Å². The highest BCUT2D eigenvalue weighted by Gasteiger charge is 2.23. The Balaban J connectivity index is 2.21. The van der Waals surface area contributed by atoms with Gasteiger partial charge in [0.2, 0.25) is 0 Å². The van der Waals surface area contributed by atoms with Crippen molar-refractivity contribution in [3.63, 3.8) is 0 Å². The summed E-state index contributed by atoms with van der Waals surface area (Å²) in [6.07, 6.45) is 1.61. The molecule has 0 N–H and O–H groups in total. The first-order valence-electron chi connectivity index (χ1n) is 5.88. The Morgan fingerprint density at radius 2 is 2.11 bits per heavy atom. The summed E-state index contributed by atoms with van der Waals surface area (Å²) in [5.41, 5.74) is 0.605. The highest BCUT2D eigenvalue weighted by Crippen LogP contribution is 2.23. The molecule has 0 aliphatic rings. The van der Waals surface area contributed by atoms with Gasteiger partial charge in [0.15, 0.2) is 0 Å². The molecule has 1 atom stereocenters. The predicted molar refractivity (Wildman–Crippen MR) is 67.4 cm³/mol. The van der Waals surface area contributed by atoms with Gasteiger partial charge in [-0.3, -0.25) is 4.79 Å². The Morgan fingerprint density at radius 1 is 1.39 bits per heavy atom. The molecular formula is C14H17NO3. The van der Waals surface area contributed by atoms with E-state index in [1.165, 1.54) is 0 Å². The molecule has 2 heterocycles. The molecule has 0 spiro atoms. The largest absolute Gasteiger partial charge is 0.467 e. The number of hydrogen-bond acceptors (Lipinski definition) is 3. The van der Waals surface area contributed by atoms with E-state index in [0.29, 0.717) is 11.3 Å². The van der Waals surface area contributed by atoms with Crippen molar-refractivity contribution in [2.45, 2.75) is 26.8 Å². The van der Waals surface area contributed by atoms with Gasteiger partial charge < -0.3 is 13.7 Å². The summed E-state index contributed by atoms with van der Waals surface area (Å²) in [7, 11) is 1.76. The Hall–Kier alpha value is -1.97. The first-order valence-corrected chi connectivity index (χ1v) is 5.88. The maximum Gasteiger partial charge on any atom is 0.257 e. The maximum atomic E-state index is 12.3. The van der Waals surface area contributed by atoms with Crippen LogP contribution >= 0.6 is 0 Å². The van der Waals surface area contributed by atoms with Crippen LogP contribution in [0.1, 0.15) is 40.6 Å². The molecule has 0 radical (unpaired) electrons. The fourth-order valence-electron chi connectivity index (χ4n) is 1.93. The second-order valence-corrected chi connectivity index (χ2v) is 4.43. The van der Waals surface area contributed by atoms with Gasteiger partial charge in [0.25, 0.3) is 5.91 Å².